The van der Waals surface area contributed by atoms with Crippen LogP contribution in [-0.2, 0) is 9.84 Å². The first-order chi connectivity index (χ1) is 7.81. The van der Waals surface area contributed by atoms with Crippen molar-refractivity contribution in [1.29, 1.82) is 0 Å². The Bertz CT molecular complexity index is 307. The summed E-state index contributed by atoms with van der Waals surface area (Å²) >= 11 is 0. The Kier molecular flexibility index (Phi) is 7.50. The first kappa shape index (κ1) is 16.5. The van der Waals surface area contributed by atoms with Gasteiger partial charge >= 0.3 is 5.51 Å². The molecule has 17 heavy (non-hydrogen) atoms. The van der Waals surface area contributed by atoms with Crippen molar-refractivity contribution >= 4 is 9.84 Å². The summed E-state index contributed by atoms with van der Waals surface area (Å²) < 4.78 is 57.2. The van der Waals surface area contributed by atoms with Crippen molar-refractivity contribution in [1.82, 2.24) is 0 Å². The summed E-state index contributed by atoms with van der Waals surface area (Å²) in [7, 11) is -4.91. The van der Waals surface area contributed by atoms with Crippen LogP contribution in [0.4, 0.5) is 13.2 Å². The minimum atomic E-state index is -5.10. The summed E-state index contributed by atoms with van der Waals surface area (Å²) in [6, 6.07) is 0. The summed E-state index contributed by atoms with van der Waals surface area (Å²) in [6.45, 7) is 3.58. The van der Waals surface area contributed by atoms with Gasteiger partial charge in [0.05, 0.1) is 5.75 Å². The summed E-state index contributed by atoms with van der Waals surface area (Å²) in [5.74, 6) is -0.789. The summed E-state index contributed by atoms with van der Waals surface area (Å²) in [4.78, 5) is 0. The van der Waals surface area contributed by atoms with Crippen molar-refractivity contribution in [3.05, 3.63) is 12.7 Å². The van der Waals surface area contributed by atoms with E-state index in [0.717, 1.165) is 32.1 Å². The summed E-state index contributed by atoms with van der Waals surface area (Å²) in [5.41, 5.74) is -5.10. The molecule has 0 aliphatic heterocycles. The third-order valence-corrected chi connectivity index (χ3v) is 3.96. The predicted molar refractivity (Wildman–Crippen MR) is 62.4 cm³/mol. The fourth-order valence-electron chi connectivity index (χ4n) is 1.40. The van der Waals surface area contributed by atoms with Gasteiger partial charge in [-0.15, -0.1) is 6.58 Å². The van der Waals surface area contributed by atoms with Crippen molar-refractivity contribution in [3.8, 4) is 0 Å². The average Bonchev–Trinajstić information content (AvgIpc) is 2.20. The quantitative estimate of drug-likeness (QED) is 0.472. The van der Waals surface area contributed by atoms with Crippen LogP contribution in [0.25, 0.3) is 0 Å². The molecular formula is C11H19F3O2S. The Balaban J connectivity index is 3.56. The van der Waals surface area contributed by atoms with E-state index in [9.17, 15) is 21.6 Å². The maximum Gasteiger partial charge on any atom is 0.497 e. The smallest absolute Gasteiger partial charge is 0.220 e. The monoisotopic (exact) mass is 272 g/mol. The van der Waals surface area contributed by atoms with Gasteiger partial charge in [-0.05, 0) is 19.3 Å². The number of hydrogen-bond donors (Lipinski definition) is 0. The number of halogens is 3. The molecule has 0 aliphatic rings. The lowest BCUT2D eigenvalue weighted by molar-refractivity contribution is -0.0435. The molecule has 0 rings (SSSR count). The fourth-order valence-corrected chi connectivity index (χ4v) is 2.22. The number of unbranched alkanes of at least 4 members (excludes halogenated alkanes) is 6. The number of alkyl halides is 3. The maximum atomic E-state index is 12.0. The van der Waals surface area contributed by atoms with Gasteiger partial charge in [0.25, 0.3) is 0 Å². The van der Waals surface area contributed by atoms with Gasteiger partial charge in [0.15, 0.2) is 0 Å². The lowest BCUT2D eigenvalue weighted by Crippen LogP contribution is -2.26. The molecular weight excluding hydrogens is 253 g/mol. The second kappa shape index (κ2) is 7.74. The molecule has 0 amide bonds. The van der Waals surface area contributed by atoms with Crippen LogP contribution in [0.1, 0.15) is 44.9 Å². The highest BCUT2D eigenvalue weighted by molar-refractivity contribution is 7.92. The van der Waals surface area contributed by atoms with Crippen molar-refractivity contribution in [2.75, 3.05) is 5.75 Å². The van der Waals surface area contributed by atoms with E-state index in [1.807, 2.05) is 6.08 Å². The number of rotatable bonds is 9. The molecule has 0 saturated carbocycles. The molecule has 0 unspecified atom stereocenters. The van der Waals surface area contributed by atoms with Crippen LogP contribution in [0, 0.1) is 0 Å². The van der Waals surface area contributed by atoms with Gasteiger partial charge in [0.1, 0.15) is 0 Å². The molecule has 0 atom stereocenters. The van der Waals surface area contributed by atoms with Crippen LogP contribution >= 0.6 is 0 Å². The van der Waals surface area contributed by atoms with Crippen LogP contribution in [0.3, 0.4) is 0 Å². The van der Waals surface area contributed by atoms with Crippen molar-refractivity contribution < 1.29 is 21.6 Å². The molecule has 0 spiro atoms. The van der Waals surface area contributed by atoms with Gasteiger partial charge in [-0.1, -0.05) is 31.8 Å². The zero-order valence-electron chi connectivity index (χ0n) is 9.80. The van der Waals surface area contributed by atoms with E-state index in [1.54, 1.807) is 0 Å². The fraction of sp³-hybridized carbons (Fsp3) is 0.818. The molecule has 6 heteroatoms. The van der Waals surface area contributed by atoms with E-state index in [-0.39, 0.29) is 6.42 Å². The maximum absolute atomic E-state index is 12.0. The van der Waals surface area contributed by atoms with E-state index in [2.05, 4.69) is 6.58 Å². The standard InChI is InChI=1S/C11H19F3O2S/c1-2-3-4-5-6-7-8-9-10-17(15,16)11(12,13)14/h2H,1,3-10H2. The third kappa shape index (κ3) is 7.41. The Morgan fingerprint density at radius 1 is 0.941 bits per heavy atom. The van der Waals surface area contributed by atoms with Crippen LogP contribution in [-0.4, -0.2) is 19.7 Å². The van der Waals surface area contributed by atoms with Gasteiger partial charge in [0, 0.05) is 0 Å². The second-order valence-electron chi connectivity index (χ2n) is 3.96. The number of allylic oxidation sites excluding steroid dienone is 1. The van der Waals surface area contributed by atoms with Crippen molar-refractivity contribution in [2.24, 2.45) is 0 Å². The second-order valence-corrected chi connectivity index (χ2v) is 6.06. The SMILES string of the molecule is C=CCCCCCCCCS(=O)(=O)C(F)(F)F. The van der Waals surface area contributed by atoms with Gasteiger partial charge in [0.2, 0.25) is 9.84 Å². The number of hydrogen-bond acceptors (Lipinski definition) is 2. The molecule has 0 fully saturated rings. The van der Waals surface area contributed by atoms with E-state index in [1.165, 1.54) is 0 Å². The largest absolute Gasteiger partial charge is 0.497 e. The molecule has 0 heterocycles. The Morgan fingerprint density at radius 2 is 1.41 bits per heavy atom. The summed E-state index contributed by atoms with van der Waals surface area (Å²) in [6.07, 6.45) is 7.15. The van der Waals surface area contributed by atoms with Gasteiger partial charge in [-0.3, -0.25) is 0 Å². The minimum Gasteiger partial charge on any atom is -0.220 e. The molecule has 0 saturated heterocycles. The van der Waals surface area contributed by atoms with E-state index in [0.29, 0.717) is 6.42 Å². The van der Waals surface area contributed by atoms with Crippen LogP contribution in [0.2, 0.25) is 0 Å². The molecule has 0 aromatic heterocycles. The molecule has 0 aromatic rings. The highest BCUT2D eigenvalue weighted by Crippen LogP contribution is 2.24. The van der Waals surface area contributed by atoms with Gasteiger partial charge in [-0.25, -0.2) is 8.42 Å². The molecule has 0 aromatic carbocycles. The lowest BCUT2D eigenvalue weighted by Gasteiger charge is -2.07. The lowest BCUT2D eigenvalue weighted by atomic mass is 10.1. The molecule has 0 N–H and O–H groups in total. The first-order valence-electron chi connectivity index (χ1n) is 5.71. The molecule has 0 aliphatic carbocycles. The zero-order chi connectivity index (χ0) is 13.4. The Hall–Kier alpha value is -0.520. The first-order valence-corrected chi connectivity index (χ1v) is 7.36. The zero-order valence-corrected chi connectivity index (χ0v) is 10.6. The predicted octanol–water partition coefficient (Wildman–Crippen LogP) is 3.84. The third-order valence-electron chi connectivity index (χ3n) is 2.42. The Labute approximate surface area is 101 Å². The Morgan fingerprint density at radius 3 is 1.88 bits per heavy atom. The molecule has 0 bridgehead atoms. The highest BCUT2D eigenvalue weighted by atomic mass is 32.2. The molecule has 102 valence electrons. The van der Waals surface area contributed by atoms with E-state index >= 15 is 0 Å². The molecule has 0 radical (unpaired) electrons. The van der Waals surface area contributed by atoms with Crippen LogP contribution in [0.15, 0.2) is 12.7 Å². The average molecular weight is 272 g/mol. The normalized spacial score (nSPS) is 12.6. The van der Waals surface area contributed by atoms with Gasteiger partial charge < -0.3 is 0 Å². The minimum absolute atomic E-state index is 0.0866. The van der Waals surface area contributed by atoms with E-state index < -0.39 is 21.1 Å². The summed E-state index contributed by atoms with van der Waals surface area (Å²) in [5, 5.41) is 0. The van der Waals surface area contributed by atoms with Crippen LogP contribution in [0.5, 0.6) is 0 Å². The van der Waals surface area contributed by atoms with Crippen molar-refractivity contribution in [2.45, 2.75) is 50.5 Å². The molecule has 2 nitrogen and oxygen atoms in total. The van der Waals surface area contributed by atoms with E-state index in [4.69, 9.17) is 0 Å². The highest BCUT2D eigenvalue weighted by Gasteiger charge is 2.44. The topological polar surface area (TPSA) is 34.1 Å². The van der Waals surface area contributed by atoms with Crippen molar-refractivity contribution in [3.63, 3.8) is 0 Å². The number of sulfone groups is 1. The van der Waals surface area contributed by atoms with Gasteiger partial charge in [-0.2, -0.15) is 13.2 Å². The van der Waals surface area contributed by atoms with Crippen LogP contribution < -0.4 is 0 Å².